The van der Waals surface area contributed by atoms with Gasteiger partial charge in [0.1, 0.15) is 11.3 Å². The molecular formula is C15H17N3O4. The van der Waals surface area contributed by atoms with Crippen molar-refractivity contribution >= 4 is 17.7 Å². The minimum Gasteiger partial charge on any atom is -0.477 e. The SMILES string of the molecule is CC(C)(C)OC(=O)Nc1ccccc1-c1cc(C(=O)O)[nH]n1. The van der Waals surface area contributed by atoms with Crippen molar-refractivity contribution in [2.75, 3.05) is 5.32 Å². The Kier molecular flexibility index (Phi) is 4.16. The van der Waals surface area contributed by atoms with Crippen LogP contribution in [0.4, 0.5) is 10.5 Å². The number of rotatable bonds is 3. The highest BCUT2D eigenvalue weighted by molar-refractivity contribution is 5.92. The highest BCUT2D eigenvalue weighted by atomic mass is 16.6. The van der Waals surface area contributed by atoms with Crippen molar-refractivity contribution in [2.45, 2.75) is 26.4 Å². The van der Waals surface area contributed by atoms with E-state index in [9.17, 15) is 9.59 Å². The molecule has 22 heavy (non-hydrogen) atoms. The standard InChI is InChI=1S/C15H17N3O4/c1-15(2,3)22-14(21)16-10-7-5-4-6-9(10)11-8-12(13(19)20)18-17-11/h4-8H,1-3H3,(H,16,21)(H,17,18)(H,19,20). The van der Waals surface area contributed by atoms with Gasteiger partial charge in [-0.25, -0.2) is 9.59 Å². The quantitative estimate of drug-likeness (QED) is 0.808. The number of carbonyl (C=O) groups excluding carboxylic acids is 1. The lowest BCUT2D eigenvalue weighted by Gasteiger charge is -2.20. The highest BCUT2D eigenvalue weighted by Gasteiger charge is 2.18. The molecule has 116 valence electrons. The molecule has 2 rings (SSSR count). The second kappa shape index (κ2) is 5.88. The summed E-state index contributed by atoms with van der Waals surface area (Å²) in [5.74, 6) is -1.10. The molecule has 0 unspecified atom stereocenters. The Balaban J connectivity index is 2.26. The molecular weight excluding hydrogens is 286 g/mol. The van der Waals surface area contributed by atoms with Gasteiger partial charge >= 0.3 is 12.1 Å². The first-order chi connectivity index (χ1) is 10.3. The lowest BCUT2D eigenvalue weighted by atomic mass is 10.1. The number of hydrogen-bond acceptors (Lipinski definition) is 4. The molecule has 0 atom stereocenters. The highest BCUT2D eigenvalue weighted by Crippen LogP contribution is 2.27. The van der Waals surface area contributed by atoms with E-state index in [0.717, 1.165) is 0 Å². The van der Waals surface area contributed by atoms with Crippen LogP contribution in [-0.4, -0.2) is 33.0 Å². The molecule has 0 saturated carbocycles. The number of carboxylic acids is 1. The molecule has 2 aromatic rings. The average Bonchev–Trinajstić information content (AvgIpc) is 2.86. The smallest absolute Gasteiger partial charge is 0.412 e. The number of ether oxygens (including phenoxy) is 1. The second-order valence-electron chi connectivity index (χ2n) is 5.64. The third-order valence-corrected chi connectivity index (χ3v) is 2.65. The predicted octanol–water partition coefficient (Wildman–Crippen LogP) is 3.12. The number of para-hydroxylation sites is 1. The summed E-state index contributed by atoms with van der Waals surface area (Å²) in [6, 6.07) is 8.34. The lowest BCUT2D eigenvalue weighted by molar-refractivity contribution is 0.0634. The van der Waals surface area contributed by atoms with Gasteiger partial charge in [0, 0.05) is 5.56 Å². The number of anilines is 1. The summed E-state index contributed by atoms with van der Waals surface area (Å²) < 4.78 is 5.20. The van der Waals surface area contributed by atoms with E-state index in [4.69, 9.17) is 9.84 Å². The van der Waals surface area contributed by atoms with Crippen LogP contribution in [-0.2, 0) is 4.74 Å². The molecule has 1 heterocycles. The molecule has 0 aliphatic carbocycles. The molecule has 0 saturated heterocycles. The van der Waals surface area contributed by atoms with Crippen LogP contribution < -0.4 is 5.32 Å². The monoisotopic (exact) mass is 303 g/mol. The topological polar surface area (TPSA) is 104 Å². The fourth-order valence-electron chi connectivity index (χ4n) is 1.80. The number of nitrogens with one attached hydrogen (secondary N) is 2. The van der Waals surface area contributed by atoms with Crippen molar-refractivity contribution in [3.63, 3.8) is 0 Å². The van der Waals surface area contributed by atoms with Gasteiger partial charge in [0.05, 0.1) is 11.4 Å². The van der Waals surface area contributed by atoms with Crippen LogP contribution in [0.3, 0.4) is 0 Å². The summed E-state index contributed by atoms with van der Waals surface area (Å²) in [6.07, 6.45) is -0.589. The minimum absolute atomic E-state index is 0.0259. The van der Waals surface area contributed by atoms with E-state index < -0.39 is 17.7 Å². The molecule has 3 N–H and O–H groups in total. The van der Waals surface area contributed by atoms with Gasteiger partial charge in [-0.2, -0.15) is 5.10 Å². The first kappa shape index (κ1) is 15.6. The fraction of sp³-hybridized carbons (Fsp3) is 0.267. The zero-order valence-corrected chi connectivity index (χ0v) is 12.5. The molecule has 0 fully saturated rings. The average molecular weight is 303 g/mol. The van der Waals surface area contributed by atoms with Gasteiger partial charge in [0.15, 0.2) is 0 Å². The Morgan fingerprint density at radius 3 is 2.55 bits per heavy atom. The number of H-pyrrole nitrogens is 1. The largest absolute Gasteiger partial charge is 0.477 e. The van der Waals surface area contributed by atoms with Crippen LogP contribution in [0.2, 0.25) is 0 Å². The number of aromatic amines is 1. The number of nitrogens with zero attached hydrogens (tertiary/aromatic N) is 1. The Morgan fingerprint density at radius 1 is 1.27 bits per heavy atom. The molecule has 0 spiro atoms. The number of benzene rings is 1. The van der Waals surface area contributed by atoms with Gasteiger partial charge in [0.25, 0.3) is 0 Å². The third kappa shape index (κ3) is 3.85. The number of aromatic carboxylic acids is 1. The van der Waals surface area contributed by atoms with Crippen LogP contribution in [0.1, 0.15) is 31.3 Å². The summed E-state index contributed by atoms with van der Waals surface area (Å²) in [7, 11) is 0. The van der Waals surface area contributed by atoms with E-state index in [2.05, 4.69) is 15.5 Å². The van der Waals surface area contributed by atoms with E-state index in [1.54, 1.807) is 45.0 Å². The number of aromatic nitrogens is 2. The van der Waals surface area contributed by atoms with Gasteiger partial charge in [-0.15, -0.1) is 0 Å². The Labute approximate surface area is 127 Å². The van der Waals surface area contributed by atoms with Crippen molar-refractivity contribution in [3.05, 3.63) is 36.0 Å². The van der Waals surface area contributed by atoms with Gasteiger partial charge in [0.2, 0.25) is 0 Å². The van der Waals surface area contributed by atoms with Gasteiger partial charge in [-0.05, 0) is 32.9 Å². The second-order valence-corrected chi connectivity index (χ2v) is 5.64. The number of carbonyl (C=O) groups is 2. The van der Waals surface area contributed by atoms with E-state index in [0.29, 0.717) is 16.9 Å². The van der Waals surface area contributed by atoms with E-state index in [1.807, 2.05) is 0 Å². The zero-order valence-electron chi connectivity index (χ0n) is 12.5. The first-order valence-electron chi connectivity index (χ1n) is 6.64. The van der Waals surface area contributed by atoms with E-state index >= 15 is 0 Å². The molecule has 1 aromatic carbocycles. The fourth-order valence-corrected chi connectivity index (χ4v) is 1.80. The maximum absolute atomic E-state index is 11.9. The van der Waals surface area contributed by atoms with Crippen molar-refractivity contribution in [3.8, 4) is 11.3 Å². The summed E-state index contributed by atoms with van der Waals surface area (Å²) >= 11 is 0. The molecule has 0 aliphatic rings. The molecule has 7 heteroatoms. The van der Waals surface area contributed by atoms with Crippen molar-refractivity contribution in [2.24, 2.45) is 0 Å². The zero-order chi connectivity index (χ0) is 16.3. The molecule has 0 radical (unpaired) electrons. The van der Waals surface area contributed by atoms with E-state index in [-0.39, 0.29) is 5.69 Å². The molecule has 1 amide bonds. The molecule has 0 bridgehead atoms. The predicted molar refractivity (Wildman–Crippen MR) is 80.8 cm³/mol. The van der Waals surface area contributed by atoms with Crippen LogP contribution >= 0.6 is 0 Å². The summed E-state index contributed by atoms with van der Waals surface area (Å²) in [5, 5.41) is 17.9. The Hall–Kier alpha value is -2.83. The van der Waals surface area contributed by atoms with E-state index in [1.165, 1.54) is 6.07 Å². The number of amides is 1. The molecule has 0 aliphatic heterocycles. The Morgan fingerprint density at radius 2 is 1.95 bits per heavy atom. The Bertz CT molecular complexity index is 701. The minimum atomic E-state index is -1.10. The third-order valence-electron chi connectivity index (χ3n) is 2.65. The molecule has 1 aromatic heterocycles. The van der Waals surface area contributed by atoms with Crippen molar-refractivity contribution in [1.29, 1.82) is 0 Å². The van der Waals surface area contributed by atoms with Crippen LogP contribution in [0, 0.1) is 0 Å². The number of hydrogen-bond donors (Lipinski definition) is 3. The maximum Gasteiger partial charge on any atom is 0.412 e. The van der Waals surface area contributed by atoms with Crippen LogP contribution in [0.5, 0.6) is 0 Å². The van der Waals surface area contributed by atoms with Crippen LogP contribution in [0.15, 0.2) is 30.3 Å². The summed E-state index contributed by atoms with van der Waals surface area (Å²) in [5.41, 5.74) is 0.866. The van der Waals surface area contributed by atoms with Crippen molar-refractivity contribution < 1.29 is 19.4 Å². The number of carboxylic acid groups (broad SMARTS) is 1. The van der Waals surface area contributed by atoms with Gasteiger partial charge in [-0.3, -0.25) is 10.4 Å². The lowest BCUT2D eigenvalue weighted by Crippen LogP contribution is -2.27. The van der Waals surface area contributed by atoms with Gasteiger partial charge in [-0.1, -0.05) is 18.2 Å². The van der Waals surface area contributed by atoms with Gasteiger partial charge < -0.3 is 9.84 Å². The summed E-state index contributed by atoms with van der Waals surface area (Å²) in [6.45, 7) is 5.31. The normalized spacial score (nSPS) is 11.0. The van der Waals surface area contributed by atoms with Crippen LogP contribution in [0.25, 0.3) is 11.3 Å². The molecule has 7 nitrogen and oxygen atoms in total. The first-order valence-corrected chi connectivity index (χ1v) is 6.64. The summed E-state index contributed by atoms with van der Waals surface area (Å²) in [4.78, 5) is 22.8. The maximum atomic E-state index is 11.9. The van der Waals surface area contributed by atoms with Crippen molar-refractivity contribution in [1.82, 2.24) is 10.2 Å².